The number of rotatable bonds is 6. The van der Waals surface area contributed by atoms with Gasteiger partial charge in [0, 0.05) is 16.1 Å². The molecule has 8 heteroatoms. The summed E-state index contributed by atoms with van der Waals surface area (Å²) in [7, 11) is 0. The Morgan fingerprint density at radius 2 is 1.97 bits per heavy atom. The third kappa shape index (κ3) is 4.10. The van der Waals surface area contributed by atoms with Crippen LogP contribution < -0.4 is 10.2 Å². The number of aromatic nitrogens is 1. The average molecular weight is 489 g/mol. The molecule has 0 fully saturated rings. The Kier molecular flexibility index (Phi) is 5.93. The topological polar surface area (TPSA) is 89.3 Å². The number of fused-ring (bicyclic) bond motifs is 1. The van der Waals surface area contributed by atoms with E-state index in [1.807, 2.05) is 47.8 Å². The van der Waals surface area contributed by atoms with Crippen molar-refractivity contribution >= 4 is 55.9 Å². The van der Waals surface area contributed by atoms with Crippen LogP contribution in [0, 0.1) is 11.3 Å². The van der Waals surface area contributed by atoms with Crippen molar-refractivity contribution < 1.29 is 9.90 Å². The lowest BCUT2D eigenvalue weighted by atomic mass is 10.0. The summed E-state index contributed by atoms with van der Waals surface area (Å²) in [5.74, 6) is 0.363. The molecule has 2 aromatic heterocycles. The van der Waals surface area contributed by atoms with Crippen LogP contribution in [0.1, 0.15) is 40.1 Å². The molecule has 1 aliphatic rings. The van der Waals surface area contributed by atoms with Crippen LogP contribution in [-0.4, -0.2) is 28.4 Å². The molecular weight excluding hydrogens is 464 g/mol. The molecule has 0 radical (unpaired) electrons. The summed E-state index contributed by atoms with van der Waals surface area (Å²) in [5, 5.41) is 25.3. The second-order valence-electron chi connectivity index (χ2n) is 8.50. The maximum absolute atomic E-state index is 13.1. The molecule has 0 bridgehead atoms. The molecule has 6 nitrogen and oxygen atoms in total. The molecule has 1 amide bonds. The Morgan fingerprint density at radius 1 is 1.15 bits per heavy atom. The molecule has 3 heterocycles. The molecule has 2 aromatic carbocycles. The van der Waals surface area contributed by atoms with Crippen LogP contribution in [-0.2, 0) is 0 Å². The van der Waals surface area contributed by atoms with E-state index < -0.39 is 0 Å². The van der Waals surface area contributed by atoms with Crippen LogP contribution in [0.3, 0.4) is 0 Å². The number of nitrogens with one attached hydrogen (secondary N) is 2. The summed E-state index contributed by atoms with van der Waals surface area (Å²) in [6, 6.07) is 18.9. The first-order chi connectivity index (χ1) is 16.4. The quantitative estimate of drug-likeness (QED) is 0.299. The number of nitrogens with zero attached hydrogens (tertiary/aromatic N) is 2. The predicted molar refractivity (Wildman–Crippen MR) is 140 cm³/mol. The number of carbonyl (C=O) groups excluding carboxylic acids is 1. The highest BCUT2D eigenvalue weighted by atomic mass is 32.1. The second kappa shape index (κ2) is 9.04. The number of thiazole rings is 1. The van der Waals surface area contributed by atoms with Crippen molar-refractivity contribution in [2.45, 2.75) is 19.9 Å². The van der Waals surface area contributed by atoms with E-state index in [-0.39, 0.29) is 36.0 Å². The molecule has 5 rings (SSSR count). The molecule has 0 saturated heterocycles. The van der Waals surface area contributed by atoms with Gasteiger partial charge in [-0.15, -0.1) is 22.7 Å². The van der Waals surface area contributed by atoms with Gasteiger partial charge < -0.3 is 15.3 Å². The lowest BCUT2D eigenvalue weighted by molar-refractivity contribution is 0.0926. The molecule has 34 heavy (non-hydrogen) atoms. The van der Waals surface area contributed by atoms with Gasteiger partial charge in [-0.25, -0.2) is 4.98 Å². The van der Waals surface area contributed by atoms with Gasteiger partial charge in [-0.2, -0.15) is 0 Å². The van der Waals surface area contributed by atoms with Crippen molar-refractivity contribution in [2.75, 3.05) is 11.4 Å². The molecular formula is C26H24N4O2S2. The molecule has 0 unspecified atom stereocenters. The zero-order valence-corrected chi connectivity index (χ0v) is 20.4. The van der Waals surface area contributed by atoms with Crippen molar-refractivity contribution in [1.82, 2.24) is 10.3 Å². The highest BCUT2D eigenvalue weighted by molar-refractivity contribution is 7.19. The fourth-order valence-electron chi connectivity index (χ4n) is 4.08. The second-order valence-corrected chi connectivity index (χ2v) is 10.5. The van der Waals surface area contributed by atoms with Crippen LogP contribution in [0.15, 0.2) is 71.8 Å². The first-order valence-electron chi connectivity index (χ1n) is 11.0. The molecule has 172 valence electrons. The average Bonchev–Trinajstić information content (AvgIpc) is 3.56. The summed E-state index contributed by atoms with van der Waals surface area (Å²) in [6.45, 7) is 4.34. The van der Waals surface area contributed by atoms with Crippen LogP contribution >= 0.6 is 22.7 Å². The number of aliphatic hydroxyl groups is 1. The highest BCUT2D eigenvalue weighted by Gasteiger charge is 2.32. The Morgan fingerprint density at radius 3 is 2.71 bits per heavy atom. The number of anilines is 1. The number of amidine groups is 1. The molecule has 0 aliphatic carbocycles. The summed E-state index contributed by atoms with van der Waals surface area (Å²) >= 11 is 3.09. The van der Waals surface area contributed by atoms with Gasteiger partial charge in [0.05, 0.1) is 28.4 Å². The first-order valence-corrected chi connectivity index (χ1v) is 12.7. The van der Waals surface area contributed by atoms with Gasteiger partial charge in [0.2, 0.25) is 0 Å². The SMILES string of the molecule is CC(C)[C@H](NC(=O)c1cccc(N2CC(O)=C(c3nc4ccccc4s3)C2=N)c1)c1cccs1. The van der Waals surface area contributed by atoms with Crippen molar-refractivity contribution in [2.24, 2.45) is 5.92 Å². The van der Waals surface area contributed by atoms with Crippen LogP contribution in [0.2, 0.25) is 0 Å². The lowest BCUT2D eigenvalue weighted by Gasteiger charge is -2.22. The highest BCUT2D eigenvalue weighted by Crippen LogP contribution is 2.35. The number of thiophene rings is 1. The summed E-state index contributed by atoms with van der Waals surface area (Å²) in [6.07, 6.45) is 0. The van der Waals surface area contributed by atoms with Gasteiger partial charge in [-0.3, -0.25) is 10.2 Å². The molecule has 4 aromatic rings. The minimum absolute atomic E-state index is 0.0717. The number of carbonyl (C=O) groups is 1. The Balaban J connectivity index is 1.38. The largest absolute Gasteiger partial charge is 0.510 e. The smallest absolute Gasteiger partial charge is 0.251 e. The zero-order valence-electron chi connectivity index (χ0n) is 18.8. The Hall–Kier alpha value is -3.49. The predicted octanol–water partition coefficient (Wildman–Crippen LogP) is 6.25. The number of amides is 1. The van der Waals surface area contributed by atoms with Gasteiger partial charge in [-0.05, 0) is 47.7 Å². The van der Waals surface area contributed by atoms with Crippen molar-refractivity contribution in [3.63, 3.8) is 0 Å². The molecule has 1 atom stereocenters. The van der Waals surface area contributed by atoms with Crippen LogP contribution in [0.25, 0.3) is 15.8 Å². The Labute approximate surface area is 205 Å². The molecule has 3 N–H and O–H groups in total. The van der Waals surface area contributed by atoms with Gasteiger partial charge in [0.15, 0.2) is 0 Å². The summed E-state index contributed by atoms with van der Waals surface area (Å²) < 4.78 is 1.01. The molecule has 0 spiro atoms. The number of para-hydroxylation sites is 1. The van der Waals surface area contributed by atoms with Crippen LogP contribution in [0.4, 0.5) is 5.69 Å². The van der Waals surface area contributed by atoms with E-state index in [0.717, 1.165) is 15.1 Å². The number of hydrogen-bond acceptors (Lipinski definition) is 6. The number of aliphatic hydroxyl groups excluding tert-OH is 1. The monoisotopic (exact) mass is 488 g/mol. The number of hydrogen-bond donors (Lipinski definition) is 3. The third-order valence-corrected chi connectivity index (χ3v) is 7.84. The standard InChI is InChI=1S/C26H24N4O2S2/c1-15(2)23(21-11-6-12-33-21)29-25(32)16-7-5-8-17(13-16)30-14-19(31)22(24(30)27)26-28-18-9-3-4-10-20(18)34-26/h3-13,15,23,27,31H,14H2,1-2H3,(H,29,32)/t23-/m0/s1. The first kappa shape index (κ1) is 22.3. The van der Waals surface area contributed by atoms with E-state index >= 15 is 0 Å². The normalized spacial score (nSPS) is 14.9. The van der Waals surface area contributed by atoms with Crippen LogP contribution in [0.5, 0.6) is 0 Å². The fraction of sp³-hybridized carbons (Fsp3) is 0.192. The van der Waals surface area contributed by atoms with Crippen molar-refractivity contribution in [1.29, 1.82) is 5.41 Å². The minimum Gasteiger partial charge on any atom is -0.510 e. The number of benzene rings is 2. The van der Waals surface area contributed by atoms with E-state index in [1.54, 1.807) is 34.4 Å². The van der Waals surface area contributed by atoms with Gasteiger partial charge in [-0.1, -0.05) is 38.1 Å². The van der Waals surface area contributed by atoms with E-state index in [0.29, 0.717) is 21.8 Å². The van der Waals surface area contributed by atoms with Gasteiger partial charge in [0.1, 0.15) is 16.6 Å². The van der Waals surface area contributed by atoms with Crippen molar-refractivity contribution in [3.8, 4) is 0 Å². The van der Waals surface area contributed by atoms with E-state index in [9.17, 15) is 9.90 Å². The molecule has 0 saturated carbocycles. The minimum atomic E-state index is -0.164. The van der Waals surface area contributed by atoms with Gasteiger partial charge in [0.25, 0.3) is 5.91 Å². The van der Waals surface area contributed by atoms with E-state index in [4.69, 9.17) is 5.41 Å². The maximum Gasteiger partial charge on any atom is 0.251 e. The van der Waals surface area contributed by atoms with Crippen molar-refractivity contribution in [3.05, 3.63) is 87.3 Å². The van der Waals surface area contributed by atoms with E-state index in [2.05, 4.69) is 24.1 Å². The summed E-state index contributed by atoms with van der Waals surface area (Å²) in [4.78, 5) is 20.5. The maximum atomic E-state index is 13.1. The van der Waals surface area contributed by atoms with Gasteiger partial charge >= 0.3 is 0 Å². The lowest BCUT2D eigenvalue weighted by Crippen LogP contribution is -2.31. The third-order valence-electron chi connectivity index (χ3n) is 5.83. The Bertz CT molecular complexity index is 1370. The fourth-order valence-corrected chi connectivity index (χ4v) is 6.06. The zero-order chi connectivity index (χ0) is 23.8. The summed E-state index contributed by atoms with van der Waals surface area (Å²) in [5.41, 5.74) is 2.48. The van der Waals surface area contributed by atoms with E-state index in [1.165, 1.54) is 11.3 Å². The molecule has 1 aliphatic heterocycles.